The summed E-state index contributed by atoms with van der Waals surface area (Å²) in [6, 6.07) is 3.41. The monoisotopic (exact) mass is 314 g/mol. The van der Waals surface area contributed by atoms with Gasteiger partial charge in [0.25, 0.3) is 0 Å². The second-order valence-electron chi connectivity index (χ2n) is 6.85. The summed E-state index contributed by atoms with van der Waals surface area (Å²) < 4.78 is 10.1. The number of carbonyl (C=O) groups excluding carboxylic acids is 1. The van der Waals surface area contributed by atoms with Crippen LogP contribution in [-0.2, 0) is 4.74 Å². The smallest absolute Gasteiger partial charge is 0.373 e. The molecule has 3 nitrogen and oxygen atoms in total. The summed E-state index contributed by atoms with van der Waals surface area (Å²) in [5, 5.41) is 0. The molecule has 0 saturated heterocycles. The van der Waals surface area contributed by atoms with Crippen molar-refractivity contribution in [3.05, 3.63) is 52.5 Å². The Balaban J connectivity index is 2.16. The van der Waals surface area contributed by atoms with Crippen LogP contribution in [0.1, 0.15) is 63.3 Å². The van der Waals surface area contributed by atoms with E-state index in [9.17, 15) is 4.79 Å². The molecule has 0 unspecified atom stereocenters. The number of allylic oxidation sites excluding steroid dienone is 5. The standard InChI is InChI=1S/C20H26O3/c1-14(13-16-9-11-18(23-16)19(21)22-5)8-10-17-15(2)7-6-12-20(17,3)4/h8-11,13H,6-7,12H2,1-5H3. The predicted octanol–water partition coefficient (Wildman–Crippen LogP) is 5.55. The number of hydrogen-bond acceptors (Lipinski definition) is 3. The van der Waals surface area contributed by atoms with Crippen molar-refractivity contribution in [1.29, 1.82) is 0 Å². The molecular weight excluding hydrogens is 288 g/mol. The first-order valence-corrected chi connectivity index (χ1v) is 8.08. The Hall–Kier alpha value is -2.03. The first-order chi connectivity index (χ1) is 10.8. The second-order valence-corrected chi connectivity index (χ2v) is 6.85. The van der Waals surface area contributed by atoms with Crippen molar-refractivity contribution in [3.8, 4) is 0 Å². The van der Waals surface area contributed by atoms with Crippen LogP contribution in [0.5, 0.6) is 0 Å². The number of ether oxygens (including phenoxy) is 1. The van der Waals surface area contributed by atoms with Crippen LogP contribution >= 0.6 is 0 Å². The van der Waals surface area contributed by atoms with Gasteiger partial charge in [-0.3, -0.25) is 0 Å². The largest absolute Gasteiger partial charge is 0.463 e. The van der Waals surface area contributed by atoms with Gasteiger partial charge in [0, 0.05) is 0 Å². The van der Waals surface area contributed by atoms with Crippen molar-refractivity contribution in [1.82, 2.24) is 0 Å². The first kappa shape index (κ1) is 17.3. The average Bonchev–Trinajstić information content (AvgIpc) is 2.93. The third-order valence-electron chi connectivity index (χ3n) is 4.44. The van der Waals surface area contributed by atoms with E-state index >= 15 is 0 Å². The van der Waals surface area contributed by atoms with Crippen LogP contribution in [0.2, 0.25) is 0 Å². The number of carbonyl (C=O) groups is 1. The predicted molar refractivity (Wildman–Crippen MR) is 93.2 cm³/mol. The fraction of sp³-hybridized carbons (Fsp3) is 0.450. The molecule has 0 N–H and O–H groups in total. The fourth-order valence-electron chi connectivity index (χ4n) is 3.14. The third kappa shape index (κ3) is 4.25. The molecule has 0 amide bonds. The Bertz CT molecular complexity index is 669. The maximum Gasteiger partial charge on any atom is 0.373 e. The minimum absolute atomic E-state index is 0.225. The molecule has 0 atom stereocenters. The molecule has 124 valence electrons. The molecule has 0 fully saturated rings. The Morgan fingerprint density at radius 3 is 2.74 bits per heavy atom. The molecule has 0 bridgehead atoms. The molecule has 2 rings (SSSR count). The van der Waals surface area contributed by atoms with Crippen LogP contribution < -0.4 is 0 Å². The van der Waals surface area contributed by atoms with Crippen molar-refractivity contribution in [2.45, 2.75) is 47.0 Å². The zero-order valence-corrected chi connectivity index (χ0v) is 14.7. The van der Waals surface area contributed by atoms with E-state index in [2.05, 4.69) is 37.7 Å². The van der Waals surface area contributed by atoms with Gasteiger partial charge in [0.2, 0.25) is 5.76 Å². The maximum absolute atomic E-state index is 11.4. The molecule has 1 aliphatic carbocycles. The lowest BCUT2D eigenvalue weighted by atomic mass is 9.72. The molecule has 0 saturated carbocycles. The molecule has 23 heavy (non-hydrogen) atoms. The van der Waals surface area contributed by atoms with Gasteiger partial charge in [-0.25, -0.2) is 4.79 Å². The van der Waals surface area contributed by atoms with Gasteiger partial charge in [-0.2, -0.15) is 0 Å². The highest BCUT2D eigenvalue weighted by molar-refractivity contribution is 5.86. The van der Waals surface area contributed by atoms with Gasteiger partial charge < -0.3 is 9.15 Å². The molecule has 3 heteroatoms. The number of methoxy groups -OCH3 is 1. The Labute approximate surface area is 138 Å². The molecule has 1 aromatic rings. The topological polar surface area (TPSA) is 39.4 Å². The highest BCUT2D eigenvalue weighted by Crippen LogP contribution is 2.40. The molecule has 1 aliphatic rings. The van der Waals surface area contributed by atoms with Crippen molar-refractivity contribution < 1.29 is 13.9 Å². The molecule has 0 radical (unpaired) electrons. The molecule has 0 spiro atoms. The highest BCUT2D eigenvalue weighted by atomic mass is 16.5. The Morgan fingerprint density at radius 1 is 1.35 bits per heavy atom. The lowest BCUT2D eigenvalue weighted by Gasteiger charge is -2.32. The summed E-state index contributed by atoms with van der Waals surface area (Å²) in [6.07, 6.45) is 9.96. The van der Waals surface area contributed by atoms with E-state index in [1.54, 1.807) is 12.1 Å². The van der Waals surface area contributed by atoms with Crippen LogP contribution in [0, 0.1) is 5.41 Å². The van der Waals surface area contributed by atoms with Gasteiger partial charge in [-0.05, 0) is 67.9 Å². The second kappa shape index (κ2) is 7.03. The van der Waals surface area contributed by atoms with Gasteiger partial charge in [0.05, 0.1) is 7.11 Å². The van der Waals surface area contributed by atoms with Gasteiger partial charge in [0.15, 0.2) is 0 Å². The Kier molecular flexibility index (Phi) is 5.30. The molecule has 1 aromatic heterocycles. The van der Waals surface area contributed by atoms with Crippen LogP contribution in [-0.4, -0.2) is 13.1 Å². The summed E-state index contributed by atoms with van der Waals surface area (Å²) in [5.41, 5.74) is 4.24. The van der Waals surface area contributed by atoms with Gasteiger partial charge in [0.1, 0.15) is 5.76 Å². The van der Waals surface area contributed by atoms with Gasteiger partial charge in [-0.15, -0.1) is 0 Å². The molecule has 0 aliphatic heterocycles. The number of esters is 1. The zero-order chi connectivity index (χ0) is 17.0. The van der Waals surface area contributed by atoms with E-state index in [1.807, 2.05) is 13.0 Å². The number of rotatable bonds is 4. The lowest BCUT2D eigenvalue weighted by Crippen LogP contribution is -2.19. The van der Waals surface area contributed by atoms with Crippen LogP contribution in [0.3, 0.4) is 0 Å². The van der Waals surface area contributed by atoms with Crippen molar-refractivity contribution in [3.63, 3.8) is 0 Å². The van der Waals surface area contributed by atoms with E-state index in [-0.39, 0.29) is 11.2 Å². The van der Waals surface area contributed by atoms with E-state index in [0.717, 1.165) is 5.57 Å². The Morgan fingerprint density at radius 2 is 2.09 bits per heavy atom. The van der Waals surface area contributed by atoms with Gasteiger partial charge >= 0.3 is 5.97 Å². The normalized spacial score (nSPS) is 18.6. The van der Waals surface area contributed by atoms with Crippen LogP contribution in [0.15, 0.2) is 45.4 Å². The lowest BCUT2D eigenvalue weighted by molar-refractivity contribution is 0.0564. The van der Waals surface area contributed by atoms with Crippen LogP contribution in [0.4, 0.5) is 0 Å². The van der Waals surface area contributed by atoms with E-state index in [0.29, 0.717) is 5.76 Å². The quantitative estimate of drug-likeness (QED) is 0.540. The fourth-order valence-corrected chi connectivity index (χ4v) is 3.14. The van der Waals surface area contributed by atoms with E-state index < -0.39 is 5.97 Å². The van der Waals surface area contributed by atoms with Crippen LogP contribution in [0.25, 0.3) is 6.08 Å². The van der Waals surface area contributed by atoms with Gasteiger partial charge in [-0.1, -0.05) is 31.6 Å². The third-order valence-corrected chi connectivity index (χ3v) is 4.44. The summed E-state index contributed by atoms with van der Waals surface area (Å²) in [6.45, 7) is 8.88. The summed E-state index contributed by atoms with van der Waals surface area (Å²) >= 11 is 0. The number of furan rings is 1. The summed E-state index contributed by atoms with van der Waals surface area (Å²) in [4.78, 5) is 11.4. The number of hydrogen-bond donors (Lipinski definition) is 0. The SMILES string of the molecule is COC(=O)c1ccc(C=C(C)C=CC2=C(C)CCCC2(C)C)o1. The van der Waals surface area contributed by atoms with Crippen molar-refractivity contribution in [2.75, 3.05) is 7.11 Å². The minimum Gasteiger partial charge on any atom is -0.463 e. The van der Waals surface area contributed by atoms with Crippen molar-refractivity contribution in [2.24, 2.45) is 5.41 Å². The minimum atomic E-state index is -0.456. The highest BCUT2D eigenvalue weighted by Gasteiger charge is 2.26. The summed E-state index contributed by atoms with van der Waals surface area (Å²) in [7, 11) is 1.34. The molecule has 0 aromatic carbocycles. The maximum atomic E-state index is 11.4. The first-order valence-electron chi connectivity index (χ1n) is 8.08. The van der Waals surface area contributed by atoms with E-state index in [1.165, 1.54) is 37.5 Å². The summed E-state index contributed by atoms with van der Waals surface area (Å²) in [5.74, 6) is 0.422. The average molecular weight is 314 g/mol. The van der Waals surface area contributed by atoms with E-state index in [4.69, 9.17) is 4.42 Å². The molecular formula is C20H26O3. The molecule has 1 heterocycles. The zero-order valence-electron chi connectivity index (χ0n) is 14.7. The van der Waals surface area contributed by atoms with Crippen molar-refractivity contribution >= 4 is 12.0 Å².